The third kappa shape index (κ3) is 3.36. The normalized spacial score (nSPS) is 11.4. The van der Waals surface area contributed by atoms with Crippen molar-refractivity contribution in [1.29, 1.82) is 0 Å². The highest BCUT2D eigenvalue weighted by atomic mass is 19.4. The Balaban J connectivity index is 2.87. The Morgan fingerprint density at radius 3 is 2.24 bits per heavy atom. The Morgan fingerprint density at radius 2 is 1.71 bits per heavy atom. The molecule has 0 fully saturated rings. The molecule has 1 aromatic rings. The molecule has 1 amide bonds. The molecule has 0 unspecified atom stereocenters. The molecular formula is C9H5F6NO. The van der Waals surface area contributed by atoms with E-state index in [1.165, 1.54) is 5.32 Å². The largest absolute Gasteiger partial charge is 0.405 e. The number of carbonyl (C=O) groups is 1. The fourth-order valence-corrected chi connectivity index (χ4v) is 0.977. The summed E-state index contributed by atoms with van der Waals surface area (Å²) in [4.78, 5) is 11.0. The van der Waals surface area contributed by atoms with Crippen molar-refractivity contribution < 1.29 is 31.1 Å². The quantitative estimate of drug-likeness (QED) is 0.639. The lowest BCUT2D eigenvalue weighted by molar-refractivity contribution is -0.123. The van der Waals surface area contributed by atoms with E-state index in [-0.39, 0.29) is 0 Å². The van der Waals surface area contributed by atoms with Gasteiger partial charge in [-0.15, -0.1) is 0 Å². The fourth-order valence-electron chi connectivity index (χ4n) is 0.977. The molecule has 0 aliphatic carbocycles. The van der Waals surface area contributed by atoms with Gasteiger partial charge in [-0.25, -0.2) is 13.2 Å². The minimum atomic E-state index is -4.68. The predicted molar refractivity (Wildman–Crippen MR) is 44.7 cm³/mol. The summed E-state index contributed by atoms with van der Waals surface area (Å²) in [6.07, 6.45) is -4.68. The Morgan fingerprint density at radius 1 is 1.12 bits per heavy atom. The first kappa shape index (κ1) is 13.3. The Hall–Kier alpha value is -1.73. The molecule has 0 aliphatic rings. The maximum absolute atomic E-state index is 13.0. The molecule has 0 radical (unpaired) electrons. The molecule has 2 nitrogen and oxygen atoms in total. The standard InChI is InChI=1S/C9H5F6NO/c10-5-2-1-4(6(11)7(5)12)8(17)16-3-9(13,14)15/h1-2H,3H2,(H,16,17). The van der Waals surface area contributed by atoms with Crippen LogP contribution in [0.1, 0.15) is 10.4 Å². The van der Waals surface area contributed by atoms with Crippen molar-refractivity contribution >= 4 is 5.91 Å². The van der Waals surface area contributed by atoms with Crippen LogP contribution in [0.2, 0.25) is 0 Å². The Kier molecular flexibility index (Phi) is 3.64. The third-order valence-electron chi connectivity index (χ3n) is 1.73. The van der Waals surface area contributed by atoms with E-state index in [0.29, 0.717) is 12.1 Å². The lowest BCUT2D eigenvalue weighted by Crippen LogP contribution is -2.34. The van der Waals surface area contributed by atoms with Crippen LogP contribution in [0.25, 0.3) is 0 Å². The molecule has 1 N–H and O–H groups in total. The van der Waals surface area contributed by atoms with Crippen LogP contribution in [0.3, 0.4) is 0 Å². The first-order valence-corrected chi connectivity index (χ1v) is 4.21. The van der Waals surface area contributed by atoms with E-state index in [1.807, 2.05) is 0 Å². The topological polar surface area (TPSA) is 29.1 Å². The molecule has 0 atom stereocenters. The van der Waals surface area contributed by atoms with Crippen molar-refractivity contribution in [3.8, 4) is 0 Å². The molecular weight excluding hydrogens is 252 g/mol. The van der Waals surface area contributed by atoms with Gasteiger partial charge in [-0.05, 0) is 12.1 Å². The summed E-state index contributed by atoms with van der Waals surface area (Å²) in [5.74, 6) is -6.75. The van der Waals surface area contributed by atoms with Gasteiger partial charge in [0.1, 0.15) is 6.54 Å². The van der Waals surface area contributed by atoms with Crippen LogP contribution < -0.4 is 5.32 Å². The minimum absolute atomic E-state index is 0.445. The van der Waals surface area contributed by atoms with Crippen LogP contribution in [0, 0.1) is 17.5 Å². The molecule has 0 heterocycles. The van der Waals surface area contributed by atoms with Crippen molar-refractivity contribution in [3.05, 3.63) is 35.1 Å². The monoisotopic (exact) mass is 257 g/mol. The van der Waals surface area contributed by atoms with Gasteiger partial charge in [-0.1, -0.05) is 0 Å². The summed E-state index contributed by atoms with van der Waals surface area (Å²) < 4.78 is 73.3. The van der Waals surface area contributed by atoms with Gasteiger partial charge in [0.05, 0.1) is 5.56 Å². The van der Waals surface area contributed by atoms with E-state index in [4.69, 9.17) is 0 Å². The summed E-state index contributed by atoms with van der Waals surface area (Å²) in [7, 11) is 0. The molecule has 1 rings (SSSR count). The molecule has 0 saturated carbocycles. The van der Waals surface area contributed by atoms with Gasteiger partial charge in [0.2, 0.25) is 0 Å². The number of alkyl halides is 3. The zero-order valence-electron chi connectivity index (χ0n) is 8.04. The average molecular weight is 257 g/mol. The summed E-state index contributed by atoms with van der Waals surface area (Å²) in [5.41, 5.74) is -0.992. The maximum atomic E-state index is 13.0. The van der Waals surface area contributed by atoms with Crippen molar-refractivity contribution in [2.75, 3.05) is 6.54 Å². The Bertz CT molecular complexity index is 442. The lowest BCUT2D eigenvalue weighted by Gasteiger charge is -2.09. The molecule has 0 aromatic heterocycles. The van der Waals surface area contributed by atoms with Crippen LogP contribution in [-0.4, -0.2) is 18.6 Å². The van der Waals surface area contributed by atoms with E-state index in [1.54, 1.807) is 0 Å². The molecule has 0 bridgehead atoms. The second kappa shape index (κ2) is 4.64. The number of halogens is 6. The highest BCUT2D eigenvalue weighted by molar-refractivity contribution is 5.94. The van der Waals surface area contributed by atoms with E-state index < -0.39 is 41.6 Å². The Labute approximate surface area is 91.2 Å². The van der Waals surface area contributed by atoms with Gasteiger partial charge < -0.3 is 5.32 Å². The van der Waals surface area contributed by atoms with Gasteiger partial charge in [-0.2, -0.15) is 13.2 Å². The van der Waals surface area contributed by atoms with Gasteiger partial charge in [-0.3, -0.25) is 4.79 Å². The summed E-state index contributed by atoms with van der Waals surface area (Å²) >= 11 is 0. The van der Waals surface area contributed by atoms with E-state index in [9.17, 15) is 31.1 Å². The molecule has 17 heavy (non-hydrogen) atoms. The number of benzene rings is 1. The lowest BCUT2D eigenvalue weighted by atomic mass is 10.2. The number of nitrogens with one attached hydrogen (secondary N) is 1. The first-order valence-electron chi connectivity index (χ1n) is 4.21. The van der Waals surface area contributed by atoms with Crippen LogP contribution >= 0.6 is 0 Å². The summed E-state index contributed by atoms with van der Waals surface area (Å²) in [5, 5.41) is 1.33. The zero-order valence-corrected chi connectivity index (χ0v) is 8.04. The van der Waals surface area contributed by atoms with Crippen LogP contribution in [0.15, 0.2) is 12.1 Å². The maximum Gasteiger partial charge on any atom is 0.405 e. The number of hydrogen-bond acceptors (Lipinski definition) is 1. The SMILES string of the molecule is O=C(NCC(F)(F)F)c1ccc(F)c(F)c1F. The summed E-state index contributed by atoms with van der Waals surface area (Å²) in [6, 6.07) is 1.00. The molecule has 94 valence electrons. The summed E-state index contributed by atoms with van der Waals surface area (Å²) in [6.45, 7) is -1.69. The smallest absolute Gasteiger partial charge is 0.343 e. The minimum Gasteiger partial charge on any atom is -0.343 e. The predicted octanol–water partition coefficient (Wildman–Crippen LogP) is 2.40. The van der Waals surface area contributed by atoms with Gasteiger partial charge in [0.15, 0.2) is 17.5 Å². The molecule has 0 aliphatic heterocycles. The molecule has 0 spiro atoms. The van der Waals surface area contributed by atoms with Crippen molar-refractivity contribution in [2.45, 2.75) is 6.18 Å². The fraction of sp³-hybridized carbons (Fsp3) is 0.222. The molecule has 8 heteroatoms. The van der Waals surface area contributed by atoms with Crippen LogP contribution in [-0.2, 0) is 0 Å². The van der Waals surface area contributed by atoms with Gasteiger partial charge >= 0.3 is 6.18 Å². The number of rotatable bonds is 2. The van der Waals surface area contributed by atoms with Gasteiger partial charge in [0.25, 0.3) is 5.91 Å². The van der Waals surface area contributed by atoms with Crippen molar-refractivity contribution in [3.63, 3.8) is 0 Å². The van der Waals surface area contributed by atoms with E-state index in [0.717, 1.165) is 0 Å². The van der Waals surface area contributed by atoms with Crippen molar-refractivity contribution in [1.82, 2.24) is 5.32 Å². The molecule has 1 aromatic carbocycles. The second-order valence-electron chi connectivity index (χ2n) is 3.02. The number of carbonyl (C=O) groups excluding carboxylic acids is 1. The zero-order chi connectivity index (χ0) is 13.2. The van der Waals surface area contributed by atoms with Crippen LogP contribution in [0.4, 0.5) is 26.3 Å². The molecule has 0 saturated heterocycles. The first-order chi connectivity index (χ1) is 7.72. The number of amides is 1. The van der Waals surface area contributed by atoms with E-state index in [2.05, 4.69) is 0 Å². The van der Waals surface area contributed by atoms with Crippen LogP contribution in [0.5, 0.6) is 0 Å². The highest BCUT2D eigenvalue weighted by Crippen LogP contribution is 2.16. The highest BCUT2D eigenvalue weighted by Gasteiger charge is 2.29. The second-order valence-corrected chi connectivity index (χ2v) is 3.02. The van der Waals surface area contributed by atoms with Gasteiger partial charge in [0, 0.05) is 0 Å². The average Bonchev–Trinajstić information content (AvgIpc) is 2.22. The van der Waals surface area contributed by atoms with E-state index >= 15 is 0 Å². The van der Waals surface area contributed by atoms with Crippen molar-refractivity contribution in [2.24, 2.45) is 0 Å². The third-order valence-corrected chi connectivity index (χ3v) is 1.73. The number of hydrogen-bond donors (Lipinski definition) is 1.